The van der Waals surface area contributed by atoms with Crippen molar-refractivity contribution in [3.05, 3.63) is 78.5 Å². The Kier molecular flexibility index (Phi) is 4.09. The average Bonchev–Trinajstić information content (AvgIpc) is 3.19. The second kappa shape index (κ2) is 6.54. The molecule has 2 aromatic heterocycles. The van der Waals surface area contributed by atoms with Gasteiger partial charge in [-0.05, 0) is 54.4 Å². The highest BCUT2D eigenvalue weighted by Crippen LogP contribution is 2.35. The lowest BCUT2D eigenvalue weighted by molar-refractivity contribution is 0.340. The zero-order valence-electron chi connectivity index (χ0n) is 13.6. The van der Waals surface area contributed by atoms with Crippen molar-refractivity contribution in [1.29, 1.82) is 0 Å². The van der Waals surface area contributed by atoms with Gasteiger partial charge >= 0.3 is 0 Å². The molecule has 0 N–H and O–H groups in total. The van der Waals surface area contributed by atoms with Crippen LogP contribution in [0.5, 0.6) is 5.75 Å². The molecule has 0 bridgehead atoms. The third kappa shape index (κ3) is 2.95. The molecule has 0 unspecified atom stereocenters. The minimum absolute atomic E-state index is 0.700. The topological polar surface area (TPSA) is 14.2 Å². The number of benzene rings is 2. The molecule has 3 heteroatoms. The number of nitrogens with zero attached hydrogens (tertiary/aromatic N) is 1. The van der Waals surface area contributed by atoms with Crippen molar-refractivity contribution in [2.45, 2.75) is 13.5 Å². The Morgan fingerprint density at radius 3 is 2.50 bits per heavy atom. The van der Waals surface area contributed by atoms with Crippen LogP contribution < -0.4 is 4.74 Å². The van der Waals surface area contributed by atoms with Gasteiger partial charge in [-0.15, -0.1) is 11.3 Å². The van der Waals surface area contributed by atoms with Crippen LogP contribution in [-0.4, -0.2) is 11.2 Å². The van der Waals surface area contributed by atoms with Gasteiger partial charge in [-0.1, -0.05) is 30.3 Å². The first kappa shape index (κ1) is 15.0. The largest absolute Gasteiger partial charge is 0.494 e. The Hall–Kier alpha value is -2.52. The van der Waals surface area contributed by atoms with Gasteiger partial charge in [0, 0.05) is 17.6 Å². The zero-order valence-corrected chi connectivity index (χ0v) is 14.4. The van der Waals surface area contributed by atoms with Crippen molar-refractivity contribution in [1.82, 2.24) is 4.57 Å². The van der Waals surface area contributed by atoms with Gasteiger partial charge in [0.15, 0.2) is 0 Å². The summed E-state index contributed by atoms with van der Waals surface area (Å²) in [7, 11) is 0. The molecule has 2 heterocycles. The number of aromatic nitrogens is 1. The fraction of sp³-hybridized carbons (Fsp3) is 0.143. The molecule has 4 rings (SSSR count). The Bertz CT molecular complexity index is 935. The zero-order chi connectivity index (χ0) is 16.4. The van der Waals surface area contributed by atoms with Gasteiger partial charge in [-0.25, -0.2) is 0 Å². The number of thiophene rings is 1. The van der Waals surface area contributed by atoms with E-state index in [0.717, 1.165) is 12.3 Å². The second-order valence-corrected chi connectivity index (χ2v) is 6.83. The van der Waals surface area contributed by atoms with Crippen LogP contribution in [0.2, 0.25) is 0 Å². The van der Waals surface area contributed by atoms with Crippen LogP contribution in [0.1, 0.15) is 12.5 Å². The lowest BCUT2D eigenvalue weighted by Gasteiger charge is -2.04. The summed E-state index contributed by atoms with van der Waals surface area (Å²) in [5.41, 5.74) is 3.86. The first-order valence-electron chi connectivity index (χ1n) is 8.19. The molecule has 0 aliphatic rings. The number of hydrogen-bond donors (Lipinski definition) is 0. The summed E-state index contributed by atoms with van der Waals surface area (Å²) in [6, 6.07) is 23.4. The molecule has 0 fully saturated rings. The smallest absolute Gasteiger partial charge is 0.119 e. The Morgan fingerprint density at radius 2 is 1.75 bits per heavy atom. The van der Waals surface area contributed by atoms with E-state index in [0.29, 0.717) is 6.61 Å². The number of hydrogen-bond acceptors (Lipinski definition) is 2. The van der Waals surface area contributed by atoms with Crippen molar-refractivity contribution in [2.75, 3.05) is 6.61 Å². The van der Waals surface area contributed by atoms with Crippen molar-refractivity contribution >= 4 is 21.6 Å². The van der Waals surface area contributed by atoms with Crippen LogP contribution in [-0.2, 0) is 6.54 Å². The third-order valence-corrected chi connectivity index (χ3v) is 5.24. The van der Waals surface area contributed by atoms with E-state index in [-0.39, 0.29) is 0 Å². The van der Waals surface area contributed by atoms with Gasteiger partial charge < -0.3 is 9.30 Å². The summed E-state index contributed by atoms with van der Waals surface area (Å²) in [5, 5.41) is 0. The normalized spacial score (nSPS) is 11.0. The fourth-order valence-corrected chi connectivity index (χ4v) is 3.99. The molecule has 0 atom stereocenters. The first-order chi connectivity index (χ1) is 11.8. The lowest BCUT2D eigenvalue weighted by atomic mass is 10.2. The first-order valence-corrected chi connectivity index (χ1v) is 9.01. The van der Waals surface area contributed by atoms with Gasteiger partial charge in [-0.2, -0.15) is 0 Å². The predicted octanol–water partition coefficient (Wildman–Crippen LogP) is 5.82. The molecular weight excluding hydrogens is 314 g/mol. The van der Waals surface area contributed by atoms with E-state index in [1.54, 1.807) is 0 Å². The summed E-state index contributed by atoms with van der Waals surface area (Å²) in [4.78, 5) is 1.30. The van der Waals surface area contributed by atoms with Crippen LogP contribution in [0.4, 0.5) is 0 Å². The monoisotopic (exact) mass is 333 g/mol. The minimum atomic E-state index is 0.700. The van der Waals surface area contributed by atoms with E-state index >= 15 is 0 Å². The quantitative estimate of drug-likeness (QED) is 0.449. The molecular formula is C21H19NOS. The van der Waals surface area contributed by atoms with Crippen molar-refractivity contribution in [3.63, 3.8) is 0 Å². The van der Waals surface area contributed by atoms with E-state index in [2.05, 4.69) is 65.4 Å². The summed E-state index contributed by atoms with van der Waals surface area (Å²) in [6.07, 6.45) is 2.18. The molecule has 2 nitrogen and oxygen atoms in total. The van der Waals surface area contributed by atoms with Gasteiger partial charge in [0.25, 0.3) is 0 Å². The fourth-order valence-electron chi connectivity index (χ4n) is 2.92. The maximum absolute atomic E-state index is 5.53. The van der Waals surface area contributed by atoms with Gasteiger partial charge in [0.1, 0.15) is 5.75 Å². The van der Waals surface area contributed by atoms with E-state index in [1.165, 1.54) is 26.2 Å². The lowest BCUT2D eigenvalue weighted by Crippen LogP contribution is -1.96. The van der Waals surface area contributed by atoms with Crippen LogP contribution in [0.3, 0.4) is 0 Å². The summed E-state index contributed by atoms with van der Waals surface area (Å²) >= 11 is 1.84. The molecule has 24 heavy (non-hydrogen) atoms. The van der Waals surface area contributed by atoms with Crippen LogP contribution >= 0.6 is 11.3 Å². The highest BCUT2D eigenvalue weighted by molar-refractivity contribution is 7.22. The number of fused-ring (bicyclic) bond motifs is 1. The van der Waals surface area contributed by atoms with E-state index in [1.807, 2.05) is 30.4 Å². The van der Waals surface area contributed by atoms with Gasteiger partial charge in [0.2, 0.25) is 0 Å². The molecule has 0 spiro atoms. The Labute approximate surface area is 145 Å². The number of ether oxygens (including phenoxy) is 1. The summed E-state index contributed by atoms with van der Waals surface area (Å²) in [5.74, 6) is 0.927. The van der Waals surface area contributed by atoms with E-state index in [9.17, 15) is 0 Å². The summed E-state index contributed by atoms with van der Waals surface area (Å²) < 4.78 is 9.17. The average molecular weight is 333 g/mol. The number of rotatable bonds is 5. The van der Waals surface area contributed by atoms with Gasteiger partial charge in [-0.3, -0.25) is 0 Å². The molecule has 120 valence electrons. The molecule has 0 aliphatic heterocycles. The van der Waals surface area contributed by atoms with Crippen molar-refractivity contribution in [3.8, 4) is 16.2 Å². The van der Waals surface area contributed by atoms with Crippen molar-refractivity contribution < 1.29 is 4.74 Å². The Balaban J connectivity index is 1.64. The van der Waals surface area contributed by atoms with Gasteiger partial charge in [0.05, 0.1) is 16.8 Å². The maximum Gasteiger partial charge on any atom is 0.119 e. The van der Waals surface area contributed by atoms with Crippen LogP contribution in [0.15, 0.2) is 72.9 Å². The third-order valence-electron chi connectivity index (χ3n) is 4.10. The van der Waals surface area contributed by atoms with E-state index < -0.39 is 0 Å². The van der Waals surface area contributed by atoms with Crippen LogP contribution in [0, 0.1) is 0 Å². The van der Waals surface area contributed by atoms with Crippen molar-refractivity contribution in [2.24, 2.45) is 0 Å². The highest BCUT2D eigenvalue weighted by atomic mass is 32.1. The molecule has 2 aromatic carbocycles. The molecule has 0 radical (unpaired) electrons. The Morgan fingerprint density at radius 1 is 0.958 bits per heavy atom. The molecule has 4 aromatic rings. The molecule has 0 saturated heterocycles. The maximum atomic E-state index is 5.53. The standard InChI is InChI=1S/C21H19NOS/c1-2-23-18-10-8-17(9-11-18)21-14-19-20(24-21)12-13-22(19)15-16-6-4-3-5-7-16/h3-14H,2,15H2,1H3. The van der Waals surface area contributed by atoms with E-state index in [4.69, 9.17) is 4.74 Å². The molecule has 0 aliphatic carbocycles. The minimum Gasteiger partial charge on any atom is -0.494 e. The van der Waals surface area contributed by atoms with Crippen LogP contribution in [0.25, 0.3) is 20.7 Å². The SMILES string of the molecule is CCOc1ccc(-c2cc3c(ccn3Cc3ccccc3)s2)cc1. The highest BCUT2D eigenvalue weighted by Gasteiger charge is 2.09. The predicted molar refractivity (Wildman–Crippen MR) is 102 cm³/mol. The summed E-state index contributed by atoms with van der Waals surface area (Å²) in [6.45, 7) is 3.61. The second-order valence-electron chi connectivity index (χ2n) is 5.75. The molecule has 0 amide bonds. The molecule has 0 saturated carbocycles.